The Morgan fingerprint density at radius 2 is 1.92 bits per heavy atom. The van der Waals surface area contributed by atoms with E-state index in [1.54, 1.807) is 11.9 Å². The Morgan fingerprint density at radius 1 is 1.16 bits per heavy atom. The molecule has 0 aromatic heterocycles. The first-order chi connectivity index (χ1) is 12.0. The van der Waals surface area contributed by atoms with Crippen LogP contribution in [0.2, 0.25) is 0 Å². The predicted octanol–water partition coefficient (Wildman–Crippen LogP) is 2.60. The maximum atomic E-state index is 12.0. The van der Waals surface area contributed by atoms with Gasteiger partial charge in [0.15, 0.2) is 6.61 Å². The fourth-order valence-corrected chi connectivity index (χ4v) is 2.85. The molecule has 2 aromatic carbocycles. The number of fused-ring (bicyclic) bond motifs is 1. The normalized spacial score (nSPS) is 13.4. The van der Waals surface area contributed by atoms with Crippen molar-refractivity contribution in [3.05, 3.63) is 59.2 Å². The van der Waals surface area contributed by atoms with E-state index in [0.717, 1.165) is 28.8 Å². The molecule has 0 spiro atoms. The van der Waals surface area contributed by atoms with Crippen molar-refractivity contribution in [3.63, 3.8) is 0 Å². The van der Waals surface area contributed by atoms with Crippen LogP contribution in [0, 0.1) is 6.92 Å². The molecule has 1 aliphatic rings. The molecule has 0 radical (unpaired) electrons. The molecule has 1 aliphatic heterocycles. The predicted molar refractivity (Wildman–Crippen MR) is 96.7 cm³/mol. The molecule has 0 saturated heterocycles. The Labute approximate surface area is 147 Å². The van der Waals surface area contributed by atoms with Crippen molar-refractivity contribution >= 4 is 17.5 Å². The van der Waals surface area contributed by atoms with Crippen LogP contribution in [0.4, 0.5) is 5.69 Å². The van der Waals surface area contributed by atoms with E-state index in [0.29, 0.717) is 18.7 Å². The van der Waals surface area contributed by atoms with Gasteiger partial charge in [0.25, 0.3) is 5.91 Å². The number of nitrogens with one attached hydrogen (secondary N) is 1. The first-order valence-corrected chi connectivity index (χ1v) is 8.37. The van der Waals surface area contributed by atoms with Crippen molar-refractivity contribution in [1.29, 1.82) is 0 Å². The smallest absolute Gasteiger partial charge is 0.258 e. The molecule has 0 fully saturated rings. The van der Waals surface area contributed by atoms with Crippen LogP contribution in [-0.2, 0) is 22.6 Å². The number of ether oxygens (including phenoxy) is 1. The minimum absolute atomic E-state index is 0.00869. The third-order valence-corrected chi connectivity index (χ3v) is 4.37. The summed E-state index contributed by atoms with van der Waals surface area (Å²) in [5.41, 5.74) is 4.26. The summed E-state index contributed by atoms with van der Waals surface area (Å²) in [7, 11) is 1.80. The van der Waals surface area contributed by atoms with Gasteiger partial charge in [0.1, 0.15) is 5.75 Å². The summed E-state index contributed by atoms with van der Waals surface area (Å²) in [4.78, 5) is 25.4. The van der Waals surface area contributed by atoms with Gasteiger partial charge in [-0.3, -0.25) is 9.59 Å². The van der Waals surface area contributed by atoms with Gasteiger partial charge >= 0.3 is 0 Å². The van der Waals surface area contributed by atoms with Crippen molar-refractivity contribution in [2.24, 2.45) is 0 Å². The SMILES string of the molecule is Cc1ccc(OCC(=O)NCc2ccc3c(c2)CCC(=O)N3C)cc1. The fraction of sp³-hybridized carbons (Fsp3) is 0.300. The molecule has 5 heteroatoms. The van der Waals surface area contributed by atoms with Crippen LogP contribution in [0.3, 0.4) is 0 Å². The number of benzene rings is 2. The summed E-state index contributed by atoms with van der Waals surface area (Å²) in [6.07, 6.45) is 1.28. The number of hydrogen-bond donors (Lipinski definition) is 1. The average molecular weight is 338 g/mol. The van der Waals surface area contributed by atoms with E-state index in [4.69, 9.17) is 4.74 Å². The summed E-state index contributed by atoms with van der Waals surface area (Å²) in [6.45, 7) is 2.44. The highest BCUT2D eigenvalue weighted by atomic mass is 16.5. The number of carbonyl (C=O) groups is 2. The molecule has 0 bridgehead atoms. The summed E-state index contributed by atoms with van der Waals surface area (Å²) >= 11 is 0. The molecule has 1 heterocycles. The zero-order valence-corrected chi connectivity index (χ0v) is 14.5. The van der Waals surface area contributed by atoms with Crippen LogP contribution < -0.4 is 15.0 Å². The van der Waals surface area contributed by atoms with Crippen molar-refractivity contribution < 1.29 is 14.3 Å². The Balaban J connectivity index is 1.52. The van der Waals surface area contributed by atoms with Gasteiger partial charge in [-0.1, -0.05) is 29.8 Å². The van der Waals surface area contributed by atoms with Gasteiger partial charge < -0.3 is 15.0 Å². The first-order valence-electron chi connectivity index (χ1n) is 8.37. The summed E-state index contributed by atoms with van der Waals surface area (Å²) in [5, 5.41) is 2.86. The molecule has 0 atom stereocenters. The van der Waals surface area contributed by atoms with E-state index < -0.39 is 0 Å². The van der Waals surface area contributed by atoms with Gasteiger partial charge in [0.05, 0.1) is 0 Å². The van der Waals surface area contributed by atoms with E-state index in [1.807, 2.05) is 43.3 Å². The minimum atomic E-state index is -0.161. The molecule has 2 amide bonds. The van der Waals surface area contributed by atoms with E-state index in [1.165, 1.54) is 0 Å². The lowest BCUT2D eigenvalue weighted by molar-refractivity contribution is -0.123. The zero-order chi connectivity index (χ0) is 17.8. The zero-order valence-electron chi connectivity index (χ0n) is 14.5. The van der Waals surface area contributed by atoms with Crippen LogP contribution in [-0.4, -0.2) is 25.5 Å². The number of hydrogen-bond acceptors (Lipinski definition) is 3. The Hall–Kier alpha value is -2.82. The molecule has 5 nitrogen and oxygen atoms in total. The monoisotopic (exact) mass is 338 g/mol. The van der Waals surface area contributed by atoms with E-state index in [-0.39, 0.29) is 18.4 Å². The number of anilines is 1. The van der Waals surface area contributed by atoms with Gasteiger partial charge in [0.2, 0.25) is 5.91 Å². The van der Waals surface area contributed by atoms with E-state index in [2.05, 4.69) is 11.4 Å². The highest BCUT2D eigenvalue weighted by Gasteiger charge is 2.20. The van der Waals surface area contributed by atoms with Gasteiger partial charge in [-0.05, 0) is 42.7 Å². The first kappa shape index (κ1) is 17.0. The maximum Gasteiger partial charge on any atom is 0.258 e. The van der Waals surface area contributed by atoms with E-state index in [9.17, 15) is 9.59 Å². The highest BCUT2D eigenvalue weighted by Crippen LogP contribution is 2.27. The summed E-state index contributed by atoms with van der Waals surface area (Å²) < 4.78 is 5.47. The molecule has 130 valence electrons. The average Bonchev–Trinajstić information content (AvgIpc) is 2.62. The molecule has 0 unspecified atom stereocenters. The second kappa shape index (κ2) is 7.38. The number of amides is 2. The van der Waals surface area contributed by atoms with Crippen LogP contribution in [0.1, 0.15) is 23.1 Å². The van der Waals surface area contributed by atoms with Gasteiger partial charge in [-0.25, -0.2) is 0 Å². The van der Waals surface area contributed by atoms with Crippen LogP contribution in [0.15, 0.2) is 42.5 Å². The van der Waals surface area contributed by atoms with Crippen LogP contribution >= 0.6 is 0 Å². The van der Waals surface area contributed by atoms with Crippen molar-refractivity contribution in [1.82, 2.24) is 5.32 Å². The van der Waals surface area contributed by atoms with E-state index >= 15 is 0 Å². The van der Waals surface area contributed by atoms with Crippen LogP contribution in [0.25, 0.3) is 0 Å². The van der Waals surface area contributed by atoms with Gasteiger partial charge in [-0.15, -0.1) is 0 Å². The van der Waals surface area contributed by atoms with Gasteiger partial charge in [-0.2, -0.15) is 0 Å². The third kappa shape index (κ3) is 4.18. The number of rotatable bonds is 5. The summed E-state index contributed by atoms with van der Waals surface area (Å²) in [6, 6.07) is 13.5. The summed E-state index contributed by atoms with van der Waals surface area (Å²) in [5.74, 6) is 0.662. The quantitative estimate of drug-likeness (QED) is 0.912. The Bertz CT molecular complexity index is 784. The van der Waals surface area contributed by atoms with Gasteiger partial charge in [0, 0.05) is 25.7 Å². The van der Waals surface area contributed by atoms with Crippen molar-refractivity contribution in [2.45, 2.75) is 26.3 Å². The number of nitrogens with zero attached hydrogens (tertiary/aromatic N) is 1. The molecule has 25 heavy (non-hydrogen) atoms. The topological polar surface area (TPSA) is 58.6 Å². The molecule has 0 saturated carbocycles. The molecule has 1 N–H and O–H groups in total. The highest BCUT2D eigenvalue weighted by molar-refractivity contribution is 5.95. The lowest BCUT2D eigenvalue weighted by Gasteiger charge is -2.26. The largest absolute Gasteiger partial charge is 0.484 e. The molecular formula is C20H22N2O3. The second-order valence-corrected chi connectivity index (χ2v) is 6.29. The Kier molecular flexibility index (Phi) is 5.03. The molecule has 0 aliphatic carbocycles. The van der Waals surface area contributed by atoms with Crippen molar-refractivity contribution in [3.8, 4) is 5.75 Å². The van der Waals surface area contributed by atoms with Crippen molar-refractivity contribution in [2.75, 3.05) is 18.6 Å². The lowest BCUT2D eigenvalue weighted by atomic mass is 9.99. The number of aryl methyl sites for hydroxylation is 2. The second-order valence-electron chi connectivity index (χ2n) is 6.29. The third-order valence-electron chi connectivity index (χ3n) is 4.37. The lowest BCUT2D eigenvalue weighted by Crippen LogP contribution is -2.31. The molecular weight excluding hydrogens is 316 g/mol. The number of carbonyl (C=O) groups excluding carboxylic acids is 2. The Morgan fingerprint density at radius 3 is 2.68 bits per heavy atom. The standard InChI is InChI=1S/C20H22N2O3/c1-14-3-7-17(8-4-14)25-13-19(23)21-12-15-5-9-18-16(11-15)6-10-20(24)22(18)2/h3-5,7-9,11H,6,10,12-13H2,1-2H3,(H,21,23). The minimum Gasteiger partial charge on any atom is -0.484 e. The molecule has 3 rings (SSSR count). The fourth-order valence-electron chi connectivity index (χ4n) is 2.85. The molecule has 2 aromatic rings. The maximum absolute atomic E-state index is 12.0. The van der Waals surface area contributed by atoms with Crippen LogP contribution in [0.5, 0.6) is 5.75 Å².